The van der Waals surface area contributed by atoms with Gasteiger partial charge in [-0.25, -0.2) is 8.42 Å². The molecule has 0 bridgehead atoms. The first kappa shape index (κ1) is 21.8. The van der Waals surface area contributed by atoms with E-state index in [4.69, 9.17) is 16.3 Å². The molecule has 2 heterocycles. The molecule has 2 aromatic rings. The minimum atomic E-state index is -3.46. The van der Waals surface area contributed by atoms with Crippen LogP contribution < -0.4 is 0 Å². The van der Waals surface area contributed by atoms with Crippen molar-refractivity contribution < 1.29 is 13.2 Å². The predicted octanol–water partition coefficient (Wildman–Crippen LogP) is 4.27. The lowest BCUT2D eigenvalue weighted by Crippen LogP contribution is -2.49. The molecule has 2 aliphatic heterocycles. The minimum Gasteiger partial charge on any atom is -0.381 e. The lowest BCUT2D eigenvalue weighted by Gasteiger charge is -2.41. The van der Waals surface area contributed by atoms with E-state index in [9.17, 15) is 8.42 Å². The number of hydrogen-bond acceptors (Lipinski definition) is 4. The van der Waals surface area contributed by atoms with Gasteiger partial charge in [-0.3, -0.25) is 0 Å². The minimum absolute atomic E-state index is 0.361. The molecule has 0 aliphatic carbocycles. The molecule has 2 aliphatic rings. The second-order valence-corrected chi connectivity index (χ2v) is 10.5. The molecule has 2 fully saturated rings. The van der Waals surface area contributed by atoms with Crippen molar-refractivity contribution in [1.82, 2.24) is 9.21 Å². The molecule has 0 aromatic heterocycles. The van der Waals surface area contributed by atoms with Crippen molar-refractivity contribution in [3.63, 3.8) is 0 Å². The van der Waals surface area contributed by atoms with Crippen LogP contribution in [-0.4, -0.2) is 63.1 Å². The number of sulfonamides is 1. The van der Waals surface area contributed by atoms with Gasteiger partial charge in [0.25, 0.3) is 0 Å². The summed E-state index contributed by atoms with van der Waals surface area (Å²) in [6, 6.07) is 15.2. The Hall–Kier alpha value is -1.44. The molecule has 0 spiro atoms. The maximum atomic E-state index is 13.1. The Labute approximate surface area is 184 Å². The Kier molecular flexibility index (Phi) is 6.80. The maximum Gasteiger partial charge on any atom is 0.243 e. The quantitative estimate of drug-likeness (QED) is 0.685. The third-order valence-corrected chi connectivity index (χ3v) is 8.58. The number of halogens is 1. The van der Waals surface area contributed by atoms with Crippen molar-refractivity contribution in [3.05, 3.63) is 53.6 Å². The van der Waals surface area contributed by atoms with Gasteiger partial charge in [-0.1, -0.05) is 35.9 Å². The molecule has 30 heavy (non-hydrogen) atoms. The Morgan fingerprint density at radius 1 is 0.833 bits per heavy atom. The average molecular weight is 449 g/mol. The molecule has 0 amide bonds. The van der Waals surface area contributed by atoms with E-state index in [2.05, 4.69) is 4.90 Å². The van der Waals surface area contributed by atoms with Crippen LogP contribution in [0.5, 0.6) is 0 Å². The second-order valence-electron chi connectivity index (χ2n) is 8.14. The highest BCUT2D eigenvalue weighted by Crippen LogP contribution is 2.28. The van der Waals surface area contributed by atoms with E-state index < -0.39 is 10.0 Å². The van der Waals surface area contributed by atoms with E-state index in [-0.39, 0.29) is 0 Å². The van der Waals surface area contributed by atoms with Crippen LogP contribution in [0, 0.1) is 0 Å². The summed E-state index contributed by atoms with van der Waals surface area (Å²) in [4.78, 5) is 2.87. The van der Waals surface area contributed by atoms with Gasteiger partial charge in [0.05, 0.1) is 11.0 Å². The fourth-order valence-corrected chi connectivity index (χ4v) is 6.13. The molecule has 2 aromatic carbocycles. The van der Waals surface area contributed by atoms with Crippen LogP contribution in [-0.2, 0) is 14.8 Å². The van der Waals surface area contributed by atoms with Crippen LogP contribution >= 0.6 is 11.6 Å². The number of rotatable bonds is 5. The Morgan fingerprint density at radius 3 is 1.90 bits per heavy atom. The van der Waals surface area contributed by atoms with Crippen molar-refractivity contribution in [3.8, 4) is 11.1 Å². The van der Waals surface area contributed by atoms with Gasteiger partial charge in [-0.2, -0.15) is 4.31 Å². The number of methoxy groups -OCH3 is 1. The number of likely N-dealkylation sites (tertiary alicyclic amines) is 1. The van der Waals surface area contributed by atoms with Gasteiger partial charge in [-0.05, 0) is 61.1 Å². The third-order valence-electron chi connectivity index (χ3n) is 6.42. The molecular weight excluding hydrogens is 420 g/mol. The number of nitrogens with zero attached hydrogens (tertiary/aromatic N) is 2. The lowest BCUT2D eigenvalue weighted by atomic mass is 10.00. The summed E-state index contributed by atoms with van der Waals surface area (Å²) in [5, 5.41) is 0.685. The zero-order chi connectivity index (χ0) is 21.1. The Balaban J connectivity index is 1.38. The normalized spacial score (nSPS) is 20.5. The maximum absolute atomic E-state index is 13.1. The van der Waals surface area contributed by atoms with Gasteiger partial charge >= 0.3 is 0 Å². The van der Waals surface area contributed by atoms with E-state index in [1.54, 1.807) is 23.5 Å². The molecule has 0 atom stereocenters. The Bertz CT molecular complexity index is 931. The highest BCUT2D eigenvalue weighted by atomic mass is 35.5. The molecule has 0 radical (unpaired) electrons. The molecule has 0 saturated carbocycles. The van der Waals surface area contributed by atoms with Crippen molar-refractivity contribution in [1.29, 1.82) is 0 Å². The van der Waals surface area contributed by atoms with Crippen LogP contribution in [0.1, 0.15) is 25.7 Å². The predicted molar refractivity (Wildman–Crippen MR) is 120 cm³/mol. The first-order valence-corrected chi connectivity index (χ1v) is 12.4. The van der Waals surface area contributed by atoms with Crippen LogP contribution in [0.4, 0.5) is 0 Å². The molecule has 162 valence electrons. The molecule has 0 N–H and O–H groups in total. The van der Waals surface area contributed by atoms with E-state index >= 15 is 0 Å². The monoisotopic (exact) mass is 448 g/mol. The van der Waals surface area contributed by atoms with Crippen molar-refractivity contribution in [2.24, 2.45) is 0 Å². The topological polar surface area (TPSA) is 49.9 Å². The van der Waals surface area contributed by atoms with Gasteiger partial charge in [0.2, 0.25) is 10.0 Å². The molecule has 0 unspecified atom stereocenters. The first-order valence-electron chi connectivity index (χ1n) is 10.6. The molecule has 4 rings (SSSR count). The van der Waals surface area contributed by atoms with Gasteiger partial charge < -0.3 is 9.64 Å². The van der Waals surface area contributed by atoms with Crippen LogP contribution in [0.3, 0.4) is 0 Å². The van der Waals surface area contributed by atoms with E-state index in [0.29, 0.717) is 35.2 Å². The summed E-state index contributed by atoms with van der Waals surface area (Å²) in [5.41, 5.74) is 1.99. The Morgan fingerprint density at radius 2 is 1.37 bits per heavy atom. The summed E-state index contributed by atoms with van der Waals surface area (Å²) in [7, 11) is -1.68. The number of piperidine rings is 2. The molecule has 5 nitrogen and oxygen atoms in total. The zero-order valence-electron chi connectivity index (χ0n) is 17.3. The first-order chi connectivity index (χ1) is 14.5. The molecule has 2 saturated heterocycles. The third kappa shape index (κ3) is 4.73. The number of ether oxygens (including phenoxy) is 1. The average Bonchev–Trinajstić information content (AvgIpc) is 2.80. The SMILES string of the molecule is COC1CCN(C2CCN(S(=O)(=O)c3ccc(-c4ccc(Cl)cc4)cc3)CC2)CC1. The summed E-state index contributed by atoms with van der Waals surface area (Å²) >= 11 is 5.95. The summed E-state index contributed by atoms with van der Waals surface area (Å²) in [6.07, 6.45) is 4.28. The van der Waals surface area contributed by atoms with Crippen LogP contribution in [0.2, 0.25) is 5.02 Å². The molecule has 7 heteroatoms. The lowest BCUT2D eigenvalue weighted by molar-refractivity contribution is 0.0190. The van der Waals surface area contributed by atoms with E-state index in [0.717, 1.165) is 49.9 Å². The van der Waals surface area contributed by atoms with Gasteiger partial charge in [0.1, 0.15) is 0 Å². The highest BCUT2D eigenvalue weighted by Gasteiger charge is 2.33. The molecular formula is C23H29ClN2O3S. The van der Waals surface area contributed by atoms with Crippen molar-refractivity contribution in [2.45, 2.75) is 42.7 Å². The fraction of sp³-hybridized carbons (Fsp3) is 0.478. The zero-order valence-corrected chi connectivity index (χ0v) is 18.9. The fourth-order valence-electron chi connectivity index (χ4n) is 4.54. The summed E-state index contributed by atoms with van der Waals surface area (Å²) < 4.78 is 33.3. The van der Waals surface area contributed by atoms with Gasteiger partial charge in [0, 0.05) is 44.4 Å². The van der Waals surface area contributed by atoms with E-state index in [1.165, 1.54) is 0 Å². The number of benzene rings is 2. The number of hydrogen-bond donors (Lipinski definition) is 0. The standard InChI is InChI=1S/C23H29ClN2O3S/c1-29-22-12-14-25(15-13-22)21-10-16-26(17-11-21)30(27,28)23-8-4-19(5-9-23)18-2-6-20(24)7-3-18/h2-9,21-22H,10-17H2,1H3. The van der Waals surface area contributed by atoms with Gasteiger partial charge in [-0.15, -0.1) is 0 Å². The summed E-state index contributed by atoms with van der Waals surface area (Å²) in [6.45, 7) is 3.25. The summed E-state index contributed by atoms with van der Waals surface area (Å²) in [5.74, 6) is 0. The van der Waals surface area contributed by atoms with Crippen LogP contribution in [0.15, 0.2) is 53.4 Å². The smallest absolute Gasteiger partial charge is 0.243 e. The second kappa shape index (κ2) is 9.37. The largest absolute Gasteiger partial charge is 0.381 e. The van der Waals surface area contributed by atoms with E-state index in [1.807, 2.05) is 36.4 Å². The van der Waals surface area contributed by atoms with Gasteiger partial charge in [0.15, 0.2) is 0 Å². The van der Waals surface area contributed by atoms with Crippen LogP contribution in [0.25, 0.3) is 11.1 Å². The van der Waals surface area contributed by atoms with Crippen molar-refractivity contribution in [2.75, 3.05) is 33.3 Å². The highest BCUT2D eigenvalue weighted by molar-refractivity contribution is 7.89. The van der Waals surface area contributed by atoms with Crippen molar-refractivity contribution >= 4 is 21.6 Å².